The van der Waals surface area contributed by atoms with Crippen molar-refractivity contribution in [2.45, 2.75) is 6.92 Å². The average Bonchev–Trinajstić information content (AvgIpc) is 3.01. The van der Waals surface area contributed by atoms with Crippen LogP contribution in [0.2, 0.25) is 0 Å². The molecule has 2 aliphatic rings. The standard InChI is InChI=1S/C17H12S2/c1-11-9-16-17(18-11)10-15(19-16)14-7-5-12-3-2-4-13(12)6-8-14/h2-10H,1H3. The minimum Gasteiger partial charge on any atom is -0.140 e. The molecule has 0 radical (unpaired) electrons. The fraction of sp³-hybridized carbons (Fsp3) is 0.0588. The number of thiophene rings is 2. The Morgan fingerprint density at radius 3 is 2.00 bits per heavy atom. The molecule has 0 atom stereocenters. The normalized spacial score (nSPS) is 11.4. The van der Waals surface area contributed by atoms with Crippen molar-refractivity contribution in [3.63, 3.8) is 0 Å². The summed E-state index contributed by atoms with van der Waals surface area (Å²) < 4.78 is 2.81. The highest BCUT2D eigenvalue weighted by molar-refractivity contribution is 7.29. The summed E-state index contributed by atoms with van der Waals surface area (Å²) in [6, 6.07) is 19.9. The van der Waals surface area contributed by atoms with Crippen molar-refractivity contribution in [2.75, 3.05) is 0 Å². The molecule has 0 aliphatic heterocycles. The molecule has 0 saturated heterocycles. The maximum atomic E-state index is 2.32. The van der Waals surface area contributed by atoms with Crippen LogP contribution in [0, 0.1) is 6.92 Å². The highest BCUT2D eigenvalue weighted by Crippen LogP contribution is 2.38. The van der Waals surface area contributed by atoms with Crippen molar-refractivity contribution < 1.29 is 0 Å². The summed E-state index contributed by atoms with van der Waals surface area (Å²) in [5.41, 5.74) is 3.92. The molecule has 0 unspecified atom stereocenters. The molecule has 0 nitrogen and oxygen atoms in total. The van der Waals surface area contributed by atoms with E-state index in [2.05, 4.69) is 61.5 Å². The first-order valence-electron chi connectivity index (χ1n) is 6.29. The predicted molar refractivity (Wildman–Crippen MR) is 86.5 cm³/mol. The second kappa shape index (κ2) is 4.19. The topological polar surface area (TPSA) is 0 Å². The number of rotatable bonds is 1. The van der Waals surface area contributed by atoms with E-state index in [1.807, 2.05) is 22.7 Å². The van der Waals surface area contributed by atoms with Gasteiger partial charge in [-0.3, -0.25) is 0 Å². The summed E-state index contributed by atoms with van der Waals surface area (Å²) in [6.45, 7) is 2.17. The van der Waals surface area contributed by atoms with E-state index in [0.717, 1.165) is 0 Å². The molecular formula is C17H12S2. The Balaban J connectivity index is 1.88. The van der Waals surface area contributed by atoms with Crippen molar-refractivity contribution in [3.8, 4) is 21.6 Å². The van der Waals surface area contributed by atoms with Gasteiger partial charge in [0, 0.05) is 19.2 Å². The third-order valence-corrected chi connectivity index (χ3v) is 5.64. The largest absolute Gasteiger partial charge is 0.140 e. The van der Waals surface area contributed by atoms with Crippen molar-refractivity contribution in [1.29, 1.82) is 0 Å². The van der Waals surface area contributed by atoms with Gasteiger partial charge in [0.25, 0.3) is 0 Å². The van der Waals surface area contributed by atoms with E-state index in [0.29, 0.717) is 0 Å². The fourth-order valence-electron chi connectivity index (χ4n) is 2.43. The van der Waals surface area contributed by atoms with Gasteiger partial charge in [-0.15, -0.1) is 22.7 Å². The van der Waals surface area contributed by atoms with Crippen LogP contribution in [0.5, 0.6) is 0 Å². The van der Waals surface area contributed by atoms with E-state index in [1.165, 1.54) is 35.8 Å². The average molecular weight is 280 g/mol. The lowest BCUT2D eigenvalue weighted by atomic mass is 10.2. The Morgan fingerprint density at radius 1 is 0.684 bits per heavy atom. The highest BCUT2D eigenvalue weighted by atomic mass is 32.1. The van der Waals surface area contributed by atoms with Gasteiger partial charge in [0.1, 0.15) is 0 Å². The van der Waals surface area contributed by atoms with Crippen LogP contribution in [-0.4, -0.2) is 0 Å². The SMILES string of the molecule is Cc1cc2sc(-c3ccc4cccc-4cc3)cc2s1. The van der Waals surface area contributed by atoms with Gasteiger partial charge in [-0.25, -0.2) is 0 Å². The summed E-state index contributed by atoms with van der Waals surface area (Å²) in [5.74, 6) is 0. The maximum absolute atomic E-state index is 2.32. The first-order chi connectivity index (χ1) is 9.29. The molecule has 92 valence electrons. The first-order valence-corrected chi connectivity index (χ1v) is 7.92. The lowest BCUT2D eigenvalue weighted by molar-refractivity contribution is 1.66. The quantitative estimate of drug-likeness (QED) is 0.398. The monoisotopic (exact) mass is 280 g/mol. The fourth-order valence-corrected chi connectivity index (χ4v) is 4.75. The third-order valence-electron chi connectivity index (χ3n) is 3.38. The van der Waals surface area contributed by atoms with E-state index < -0.39 is 0 Å². The molecular weight excluding hydrogens is 268 g/mol. The molecule has 19 heavy (non-hydrogen) atoms. The molecule has 0 amide bonds. The van der Waals surface area contributed by atoms with Crippen molar-refractivity contribution in [3.05, 3.63) is 59.5 Å². The van der Waals surface area contributed by atoms with Gasteiger partial charge in [0.2, 0.25) is 0 Å². The zero-order valence-electron chi connectivity index (χ0n) is 10.5. The Kier molecular flexibility index (Phi) is 2.47. The van der Waals surface area contributed by atoms with Gasteiger partial charge >= 0.3 is 0 Å². The molecule has 0 aromatic carbocycles. The van der Waals surface area contributed by atoms with Gasteiger partial charge in [-0.1, -0.05) is 42.5 Å². The maximum Gasteiger partial charge on any atom is 0.0459 e. The molecule has 2 aromatic rings. The Hall–Kier alpha value is -1.64. The van der Waals surface area contributed by atoms with Crippen molar-refractivity contribution >= 4 is 32.1 Å². The second-order valence-corrected chi connectivity index (χ2v) is 7.13. The summed E-state index contributed by atoms with van der Waals surface area (Å²) in [6.07, 6.45) is 0. The number of hydrogen-bond donors (Lipinski definition) is 0. The highest BCUT2D eigenvalue weighted by Gasteiger charge is 2.07. The second-order valence-electron chi connectivity index (χ2n) is 4.75. The number of hydrogen-bond acceptors (Lipinski definition) is 2. The van der Waals surface area contributed by atoms with Crippen molar-refractivity contribution in [1.82, 2.24) is 0 Å². The minimum absolute atomic E-state index is 1.31. The van der Waals surface area contributed by atoms with Crippen LogP contribution in [0.25, 0.3) is 31.0 Å². The zero-order chi connectivity index (χ0) is 12.8. The Labute approximate surface area is 120 Å². The molecule has 0 fully saturated rings. The zero-order valence-corrected chi connectivity index (χ0v) is 12.1. The van der Waals surface area contributed by atoms with Crippen LogP contribution in [0.15, 0.2) is 54.6 Å². The summed E-state index contributed by atoms with van der Waals surface area (Å²) >= 11 is 3.77. The molecule has 4 rings (SSSR count). The van der Waals surface area contributed by atoms with Crippen LogP contribution in [0.4, 0.5) is 0 Å². The molecule has 0 bridgehead atoms. The lowest BCUT2D eigenvalue weighted by Crippen LogP contribution is -1.63. The lowest BCUT2D eigenvalue weighted by Gasteiger charge is -1.90. The number of aryl methyl sites for hydroxylation is 1. The summed E-state index contributed by atoms with van der Waals surface area (Å²) in [4.78, 5) is 2.75. The van der Waals surface area contributed by atoms with Gasteiger partial charge in [-0.05, 0) is 35.7 Å². The summed E-state index contributed by atoms with van der Waals surface area (Å²) in [5, 5.41) is 0. The molecule has 0 saturated carbocycles. The van der Waals surface area contributed by atoms with Gasteiger partial charge in [-0.2, -0.15) is 0 Å². The third kappa shape index (κ3) is 1.88. The molecule has 2 aliphatic carbocycles. The van der Waals surface area contributed by atoms with Crippen LogP contribution < -0.4 is 0 Å². The van der Waals surface area contributed by atoms with Crippen LogP contribution in [0.3, 0.4) is 0 Å². The summed E-state index contributed by atoms with van der Waals surface area (Å²) in [7, 11) is 0. The molecule has 0 spiro atoms. The predicted octanol–water partition coefficient (Wildman–Crippen LogP) is 6.04. The molecule has 2 heteroatoms. The van der Waals surface area contributed by atoms with Crippen LogP contribution >= 0.6 is 22.7 Å². The van der Waals surface area contributed by atoms with E-state index in [-0.39, 0.29) is 0 Å². The van der Waals surface area contributed by atoms with E-state index in [1.54, 1.807) is 0 Å². The van der Waals surface area contributed by atoms with E-state index in [4.69, 9.17) is 0 Å². The van der Waals surface area contributed by atoms with Crippen molar-refractivity contribution in [2.24, 2.45) is 0 Å². The van der Waals surface area contributed by atoms with Crippen LogP contribution in [0.1, 0.15) is 4.88 Å². The van der Waals surface area contributed by atoms with E-state index in [9.17, 15) is 0 Å². The van der Waals surface area contributed by atoms with E-state index >= 15 is 0 Å². The van der Waals surface area contributed by atoms with Gasteiger partial charge < -0.3 is 0 Å². The first kappa shape index (κ1) is 11.2. The Bertz CT molecular complexity index is 773. The van der Waals surface area contributed by atoms with Gasteiger partial charge in [0.05, 0.1) is 0 Å². The molecule has 2 aromatic heterocycles. The Morgan fingerprint density at radius 2 is 1.32 bits per heavy atom. The minimum atomic E-state index is 1.31. The van der Waals surface area contributed by atoms with Gasteiger partial charge in [0.15, 0.2) is 0 Å². The molecule has 0 N–H and O–H groups in total. The van der Waals surface area contributed by atoms with Crippen LogP contribution in [-0.2, 0) is 0 Å². The smallest absolute Gasteiger partial charge is 0.0459 e. The molecule has 2 heterocycles. The number of fused-ring (bicyclic) bond motifs is 2.